The van der Waals surface area contributed by atoms with Gasteiger partial charge in [-0.1, -0.05) is 6.07 Å². The molecule has 1 N–H and O–H groups in total. The molecule has 0 saturated carbocycles. The predicted molar refractivity (Wildman–Crippen MR) is 63.9 cm³/mol. The monoisotopic (exact) mass is 243 g/mol. The van der Waals surface area contributed by atoms with Crippen LogP contribution in [0, 0.1) is 11.6 Å². The molecule has 0 aliphatic rings. The molecule has 0 aromatic heterocycles. The van der Waals surface area contributed by atoms with E-state index in [-0.39, 0.29) is 12.1 Å². The summed E-state index contributed by atoms with van der Waals surface area (Å²) < 4.78 is 31.5. The summed E-state index contributed by atoms with van der Waals surface area (Å²) in [4.78, 5) is 0. The molecule has 0 bridgehead atoms. The van der Waals surface area contributed by atoms with E-state index in [0.29, 0.717) is 18.8 Å². The summed E-state index contributed by atoms with van der Waals surface area (Å²) in [6.07, 6.45) is 0. The first-order chi connectivity index (χ1) is 8.04. The molecular weight excluding hydrogens is 224 g/mol. The van der Waals surface area contributed by atoms with E-state index in [4.69, 9.17) is 4.74 Å². The second-order valence-corrected chi connectivity index (χ2v) is 4.11. The van der Waals surface area contributed by atoms with E-state index in [9.17, 15) is 8.78 Å². The molecule has 0 saturated heterocycles. The van der Waals surface area contributed by atoms with Crippen molar-refractivity contribution in [2.45, 2.75) is 32.9 Å². The second-order valence-electron chi connectivity index (χ2n) is 4.11. The Labute approximate surface area is 101 Å². The fourth-order valence-electron chi connectivity index (χ4n) is 1.71. The van der Waals surface area contributed by atoms with Crippen molar-refractivity contribution in [2.75, 3.05) is 13.2 Å². The molecule has 1 aromatic rings. The normalized spacial score (nSPS) is 14.6. The second kappa shape index (κ2) is 6.67. The van der Waals surface area contributed by atoms with E-state index in [1.54, 1.807) is 0 Å². The van der Waals surface area contributed by atoms with Gasteiger partial charge in [0.15, 0.2) is 0 Å². The van der Waals surface area contributed by atoms with Crippen molar-refractivity contribution in [2.24, 2.45) is 0 Å². The average Bonchev–Trinajstić information content (AvgIpc) is 2.26. The van der Waals surface area contributed by atoms with Crippen molar-refractivity contribution in [3.63, 3.8) is 0 Å². The smallest absolute Gasteiger partial charge is 0.130 e. The molecule has 2 atom stereocenters. The van der Waals surface area contributed by atoms with Gasteiger partial charge in [-0.15, -0.1) is 0 Å². The molecule has 17 heavy (non-hydrogen) atoms. The molecule has 0 fully saturated rings. The highest BCUT2D eigenvalue weighted by Crippen LogP contribution is 2.18. The first kappa shape index (κ1) is 14.1. The maximum absolute atomic E-state index is 13.5. The molecule has 2 unspecified atom stereocenters. The van der Waals surface area contributed by atoms with Gasteiger partial charge in [0, 0.05) is 30.3 Å². The molecule has 0 heterocycles. The van der Waals surface area contributed by atoms with Gasteiger partial charge in [0.05, 0.1) is 6.61 Å². The molecule has 0 radical (unpaired) electrons. The summed E-state index contributed by atoms with van der Waals surface area (Å²) in [6.45, 7) is 6.97. The van der Waals surface area contributed by atoms with Crippen LogP contribution in [-0.4, -0.2) is 19.3 Å². The minimum atomic E-state index is -0.555. The Hall–Kier alpha value is -1.00. The lowest BCUT2D eigenvalue weighted by Gasteiger charge is -2.20. The van der Waals surface area contributed by atoms with E-state index < -0.39 is 11.6 Å². The third kappa shape index (κ3) is 4.40. The summed E-state index contributed by atoms with van der Waals surface area (Å²) in [5, 5.41) is 3.20. The molecule has 0 amide bonds. The standard InChI is InChI=1S/C13H19F2NO/c1-4-17-8-9(2)16-10(3)12-6-5-11(14)7-13(12)15/h5-7,9-10,16H,4,8H2,1-3H3. The van der Waals surface area contributed by atoms with Crippen LogP contribution in [0.4, 0.5) is 8.78 Å². The highest BCUT2D eigenvalue weighted by Gasteiger charge is 2.13. The minimum absolute atomic E-state index is 0.120. The lowest BCUT2D eigenvalue weighted by Crippen LogP contribution is -2.33. The maximum atomic E-state index is 13.5. The topological polar surface area (TPSA) is 21.3 Å². The Morgan fingerprint density at radius 3 is 2.59 bits per heavy atom. The molecular formula is C13H19F2NO. The molecule has 1 aromatic carbocycles. The summed E-state index contributed by atoms with van der Waals surface area (Å²) in [5.74, 6) is -1.07. The average molecular weight is 243 g/mol. The van der Waals surface area contributed by atoms with Gasteiger partial charge in [-0.2, -0.15) is 0 Å². The van der Waals surface area contributed by atoms with Gasteiger partial charge in [0.1, 0.15) is 11.6 Å². The Balaban J connectivity index is 2.60. The highest BCUT2D eigenvalue weighted by atomic mass is 19.1. The number of benzene rings is 1. The van der Waals surface area contributed by atoms with E-state index >= 15 is 0 Å². The number of hydrogen-bond acceptors (Lipinski definition) is 2. The van der Waals surface area contributed by atoms with Gasteiger partial charge >= 0.3 is 0 Å². The SMILES string of the molecule is CCOCC(C)NC(C)c1ccc(F)cc1F. The number of hydrogen-bond donors (Lipinski definition) is 1. The Bertz CT molecular complexity index is 357. The van der Waals surface area contributed by atoms with Gasteiger partial charge in [0.2, 0.25) is 0 Å². The lowest BCUT2D eigenvalue weighted by molar-refractivity contribution is 0.124. The van der Waals surface area contributed by atoms with Crippen LogP contribution >= 0.6 is 0 Å². The van der Waals surface area contributed by atoms with Crippen LogP contribution in [-0.2, 0) is 4.74 Å². The zero-order valence-corrected chi connectivity index (χ0v) is 10.5. The third-order valence-electron chi connectivity index (χ3n) is 2.54. The Morgan fingerprint density at radius 2 is 2.00 bits per heavy atom. The van der Waals surface area contributed by atoms with E-state index in [0.717, 1.165) is 6.07 Å². The first-order valence-corrected chi connectivity index (χ1v) is 5.83. The molecule has 0 aliphatic heterocycles. The van der Waals surface area contributed by atoms with Crippen LogP contribution in [0.3, 0.4) is 0 Å². The van der Waals surface area contributed by atoms with Crippen molar-refractivity contribution >= 4 is 0 Å². The van der Waals surface area contributed by atoms with Gasteiger partial charge in [-0.05, 0) is 26.8 Å². The minimum Gasteiger partial charge on any atom is -0.380 e. The Kier molecular flexibility index (Phi) is 5.51. The molecule has 96 valence electrons. The molecule has 2 nitrogen and oxygen atoms in total. The zero-order valence-electron chi connectivity index (χ0n) is 10.5. The number of ether oxygens (including phenoxy) is 1. The highest BCUT2D eigenvalue weighted by molar-refractivity contribution is 5.21. The van der Waals surface area contributed by atoms with Crippen LogP contribution in [0.1, 0.15) is 32.4 Å². The van der Waals surface area contributed by atoms with Crippen molar-refractivity contribution in [3.8, 4) is 0 Å². The van der Waals surface area contributed by atoms with Crippen molar-refractivity contribution in [1.29, 1.82) is 0 Å². The quantitative estimate of drug-likeness (QED) is 0.829. The fraction of sp³-hybridized carbons (Fsp3) is 0.538. The van der Waals surface area contributed by atoms with E-state index in [1.165, 1.54) is 12.1 Å². The maximum Gasteiger partial charge on any atom is 0.130 e. The van der Waals surface area contributed by atoms with Gasteiger partial charge in [-0.3, -0.25) is 0 Å². The zero-order chi connectivity index (χ0) is 12.8. The van der Waals surface area contributed by atoms with Crippen molar-refractivity contribution in [3.05, 3.63) is 35.4 Å². The van der Waals surface area contributed by atoms with Gasteiger partial charge in [-0.25, -0.2) is 8.78 Å². The third-order valence-corrected chi connectivity index (χ3v) is 2.54. The summed E-state index contributed by atoms with van der Waals surface area (Å²) in [5.41, 5.74) is 0.467. The van der Waals surface area contributed by atoms with Crippen molar-refractivity contribution < 1.29 is 13.5 Å². The predicted octanol–water partition coefficient (Wildman–Crippen LogP) is 3.04. The summed E-state index contributed by atoms with van der Waals surface area (Å²) in [6, 6.07) is 3.58. The lowest BCUT2D eigenvalue weighted by atomic mass is 10.1. The molecule has 4 heteroatoms. The molecule has 1 rings (SSSR count). The van der Waals surface area contributed by atoms with E-state index in [2.05, 4.69) is 5.32 Å². The van der Waals surface area contributed by atoms with E-state index in [1.807, 2.05) is 20.8 Å². The summed E-state index contributed by atoms with van der Waals surface area (Å²) in [7, 11) is 0. The fourth-order valence-corrected chi connectivity index (χ4v) is 1.71. The largest absolute Gasteiger partial charge is 0.380 e. The first-order valence-electron chi connectivity index (χ1n) is 5.83. The van der Waals surface area contributed by atoms with Crippen LogP contribution < -0.4 is 5.32 Å². The van der Waals surface area contributed by atoms with Gasteiger partial charge in [0.25, 0.3) is 0 Å². The molecule has 0 spiro atoms. The van der Waals surface area contributed by atoms with Crippen LogP contribution in [0.15, 0.2) is 18.2 Å². The van der Waals surface area contributed by atoms with Gasteiger partial charge < -0.3 is 10.1 Å². The number of halogens is 2. The van der Waals surface area contributed by atoms with Crippen LogP contribution in [0.25, 0.3) is 0 Å². The molecule has 0 aliphatic carbocycles. The number of rotatable bonds is 6. The number of nitrogens with one attached hydrogen (secondary N) is 1. The van der Waals surface area contributed by atoms with Crippen molar-refractivity contribution in [1.82, 2.24) is 5.32 Å². The van der Waals surface area contributed by atoms with Crippen LogP contribution in [0.2, 0.25) is 0 Å². The summed E-state index contributed by atoms with van der Waals surface area (Å²) >= 11 is 0. The Morgan fingerprint density at radius 1 is 1.29 bits per heavy atom. The van der Waals surface area contributed by atoms with Crippen LogP contribution in [0.5, 0.6) is 0 Å².